The molecule has 0 aliphatic heterocycles. The number of carbonyl (C=O) groups is 1. The Morgan fingerprint density at radius 1 is 1.38 bits per heavy atom. The minimum absolute atomic E-state index is 0.118. The fourth-order valence-electron chi connectivity index (χ4n) is 2.02. The summed E-state index contributed by atoms with van der Waals surface area (Å²) in [5.41, 5.74) is 1.91. The lowest BCUT2D eigenvalue weighted by Crippen LogP contribution is -2.22. The van der Waals surface area contributed by atoms with Crippen molar-refractivity contribution in [3.8, 4) is 0 Å². The predicted octanol–water partition coefficient (Wildman–Crippen LogP) is 3.47. The van der Waals surface area contributed by atoms with Gasteiger partial charge in [0.05, 0.1) is 0 Å². The first-order valence-corrected chi connectivity index (χ1v) is 6.66. The zero-order valence-corrected chi connectivity index (χ0v) is 11.9. The number of aromatic nitrogens is 2. The minimum Gasteiger partial charge on any atom is -0.309 e. The molecule has 0 saturated heterocycles. The lowest BCUT2D eigenvalue weighted by atomic mass is 9.97. The molecule has 1 heterocycles. The molecule has 21 heavy (non-hydrogen) atoms. The maximum Gasteiger partial charge on any atom is 0.279 e. The third-order valence-electron chi connectivity index (χ3n) is 3.32. The normalized spacial score (nSPS) is 12.4. The summed E-state index contributed by atoms with van der Waals surface area (Å²) in [6, 6.07) is 8.98. The van der Waals surface area contributed by atoms with E-state index in [0.29, 0.717) is 6.42 Å². The fraction of sp³-hybridized carbons (Fsp3) is 0.333. The largest absolute Gasteiger partial charge is 0.309 e. The molecule has 4 nitrogen and oxygen atoms in total. The van der Waals surface area contributed by atoms with E-state index in [1.54, 1.807) is 6.92 Å². The number of carbonyl (C=O) groups excluding carboxylic acids is 1. The van der Waals surface area contributed by atoms with Crippen LogP contribution in [0.3, 0.4) is 0 Å². The van der Waals surface area contributed by atoms with Gasteiger partial charge >= 0.3 is 0 Å². The Morgan fingerprint density at radius 2 is 2.10 bits per heavy atom. The van der Waals surface area contributed by atoms with Gasteiger partial charge in [-0.2, -0.15) is 5.10 Å². The number of aromatic amines is 1. The maximum absolute atomic E-state index is 12.4. The summed E-state index contributed by atoms with van der Waals surface area (Å²) in [7, 11) is 0. The maximum atomic E-state index is 12.4. The highest BCUT2D eigenvalue weighted by Crippen LogP contribution is 2.19. The Morgan fingerprint density at radius 3 is 2.71 bits per heavy atom. The van der Waals surface area contributed by atoms with Crippen molar-refractivity contribution in [2.45, 2.75) is 26.7 Å². The lowest BCUT2D eigenvalue weighted by Gasteiger charge is -2.12. The second kappa shape index (κ2) is 6.47. The minimum atomic E-state index is -2.63. The van der Waals surface area contributed by atoms with E-state index in [1.807, 2.05) is 31.2 Å². The Balaban J connectivity index is 1.97. The molecule has 0 saturated carbocycles. The molecule has 1 atom stereocenters. The Hall–Kier alpha value is -2.24. The zero-order valence-electron chi connectivity index (χ0n) is 11.9. The molecular weight excluding hydrogens is 276 g/mol. The van der Waals surface area contributed by atoms with Crippen LogP contribution in [-0.4, -0.2) is 16.1 Å². The van der Waals surface area contributed by atoms with Gasteiger partial charge in [-0.15, -0.1) is 0 Å². The number of halogens is 2. The number of anilines is 1. The van der Waals surface area contributed by atoms with Crippen molar-refractivity contribution in [3.05, 3.63) is 47.2 Å². The molecule has 2 rings (SSSR count). The van der Waals surface area contributed by atoms with Crippen LogP contribution >= 0.6 is 0 Å². The van der Waals surface area contributed by atoms with Gasteiger partial charge in [0.25, 0.3) is 6.43 Å². The van der Waals surface area contributed by atoms with Crippen molar-refractivity contribution in [2.75, 3.05) is 5.32 Å². The van der Waals surface area contributed by atoms with Crippen LogP contribution in [0.1, 0.15) is 30.2 Å². The number of hydrogen-bond donors (Lipinski definition) is 2. The summed E-state index contributed by atoms with van der Waals surface area (Å²) < 4.78 is 24.8. The first-order valence-electron chi connectivity index (χ1n) is 6.66. The van der Waals surface area contributed by atoms with Crippen molar-refractivity contribution in [1.82, 2.24) is 10.2 Å². The second-order valence-corrected chi connectivity index (χ2v) is 5.03. The quantitative estimate of drug-likeness (QED) is 0.886. The summed E-state index contributed by atoms with van der Waals surface area (Å²) in [5.74, 6) is -0.407. The van der Waals surface area contributed by atoms with Gasteiger partial charge in [0, 0.05) is 12.0 Å². The Labute approximate surface area is 121 Å². The molecule has 1 amide bonds. The second-order valence-electron chi connectivity index (χ2n) is 5.03. The SMILES string of the molecule is Cc1ccccc1CC(C)C(=O)Nc1cc(C(F)F)[nH]n1. The third kappa shape index (κ3) is 3.87. The molecule has 0 aliphatic rings. The molecule has 2 aromatic rings. The summed E-state index contributed by atoms with van der Waals surface area (Å²) in [4.78, 5) is 12.1. The van der Waals surface area contributed by atoms with Crippen molar-refractivity contribution >= 4 is 11.7 Å². The first-order chi connectivity index (χ1) is 9.97. The van der Waals surface area contributed by atoms with Crippen LogP contribution in [0.25, 0.3) is 0 Å². The molecule has 2 N–H and O–H groups in total. The summed E-state index contributed by atoms with van der Waals surface area (Å²) in [5, 5.41) is 8.38. The highest BCUT2D eigenvalue weighted by atomic mass is 19.3. The van der Waals surface area contributed by atoms with Crippen LogP contribution in [0.2, 0.25) is 0 Å². The van der Waals surface area contributed by atoms with Crippen molar-refractivity contribution < 1.29 is 13.6 Å². The summed E-state index contributed by atoms with van der Waals surface area (Å²) in [6.45, 7) is 3.78. The summed E-state index contributed by atoms with van der Waals surface area (Å²) >= 11 is 0. The highest BCUT2D eigenvalue weighted by Gasteiger charge is 2.17. The van der Waals surface area contributed by atoms with Gasteiger partial charge in [-0.1, -0.05) is 31.2 Å². The van der Waals surface area contributed by atoms with Crippen LogP contribution < -0.4 is 5.32 Å². The third-order valence-corrected chi connectivity index (χ3v) is 3.32. The number of nitrogens with zero attached hydrogens (tertiary/aromatic N) is 1. The molecule has 1 aromatic carbocycles. The van der Waals surface area contributed by atoms with Crippen molar-refractivity contribution in [3.63, 3.8) is 0 Å². The molecule has 6 heteroatoms. The Kier molecular flexibility index (Phi) is 4.67. The standard InChI is InChI=1S/C15H17F2N3O/c1-9-5-3-4-6-11(9)7-10(2)15(21)18-13-8-12(14(16)17)19-20-13/h3-6,8,10,14H,7H2,1-2H3,(H2,18,19,20,21). The molecule has 0 radical (unpaired) electrons. The Bertz CT molecular complexity index is 625. The molecule has 0 bridgehead atoms. The molecule has 0 fully saturated rings. The van der Waals surface area contributed by atoms with E-state index >= 15 is 0 Å². The average molecular weight is 293 g/mol. The fourth-order valence-corrected chi connectivity index (χ4v) is 2.02. The number of rotatable bonds is 5. The summed E-state index contributed by atoms with van der Waals surface area (Å²) in [6.07, 6.45) is -2.04. The van der Waals surface area contributed by atoms with E-state index in [4.69, 9.17) is 0 Å². The smallest absolute Gasteiger partial charge is 0.279 e. The first kappa shape index (κ1) is 15.2. The molecule has 1 aromatic heterocycles. The molecular formula is C15H17F2N3O. The number of hydrogen-bond acceptors (Lipinski definition) is 2. The van der Waals surface area contributed by atoms with Gasteiger partial charge in [0.2, 0.25) is 5.91 Å². The van der Waals surface area contributed by atoms with Crippen LogP contribution in [0.5, 0.6) is 0 Å². The van der Waals surface area contributed by atoms with E-state index in [2.05, 4.69) is 15.5 Å². The van der Waals surface area contributed by atoms with Gasteiger partial charge in [0.1, 0.15) is 5.69 Å². The van der Waals surface area contributed by atoms with E-state index in [-0.39, 0.29) is 23.3 Å². The van der Waals surface area contributed by atoms with Gasteiger partial charge in [-0.05, 0) is 24.5 Å². The van der Waals surface area contributed by atoms with E-state index < -0.39 is 6.43 Å². The topological polar surface area (TPSA) is 57.8 Å². The van der Waals surface area contributed by atoms with Gasteiger partial charge in [-0.25, -0.2) is 8.78 Å². The molecule has 0 spiro atoms. The van der Waals surface area contributed by atoms with E-state index in [9.17, 15) is 13.6 Å². The highest BCUT2D eigenvalue weighted by molar-refractivity contribution is 5.91. The van der Waals surface area contributed by atoms with Crippen LogP contribution in [-0.2, 0) is 11.2 Å². The number of benzene rings is 1. The van der Waals surface area contributed by atoms with Gasteiger partial charge in [-0.3, -0.25) is 9.89 Å². The van der Waals surface area contributed by atoms with Gasteiger partial charge < -0.3 is 5.32 Å². The van der Waals surface area contributed by atoms with E-state index in [0.717, 1.165) is 17.2 Å². The van der Waals surface area contributed by atoms with Crippen LogP contribution in [0.4, 0.5) is 14.6 Å². The van der Waals surface area contributed by atoms with Gasteiger partial charge in [0.15, 0.2) is 5.82 Å². The molecule has 112 valence electrons. The van der Waals surface area contributed by atoms with Crippen molar-refractivity contribution in [1.29, 1.82) is 0 Å². The van der Waals surface area contributed by atoms with E-state index in [1.165, 1.54) is 0 Å². The van der Waals surface area contributed by atoms with Crippen LogP contribution in [0.15, 0.2) is 30.3 Å². The zero-order chi connectivity index (χ0) is 15.4. The monoisotopic (exact) mass is 293 g/mol. The number of nitrogens with one attached hydrogen (secondary N) is 2. The number of aryl methyl sites for hydroxylation is 1. The number of amides is 1. The van der Waals surface area contributed by atoms with Crippen molar-refractivity contribution in [2.24, 2.45) is 5.92 Å². The predicted molar refractivity (Wildman–Crippen MR) is 76.2 cm³/mol. The average Bonchev–Trinajstić information content (AvgIpc) is 2.90. The number of alkyl halides is 2. The lowest BCUT2D eigenvalue weighted by molar-refractivity contribution is -0.119. The molecule has 1 unspecified atom stereocenters. The molecule has 0 aliphatic carbocycles. The number of H-pyrrole nitrogens is 1. The van der Waals surface area contributed by atoms with Crippen LogP contribution in [0, 0.1) is 12.8 Å².